The molecule has 0 radical (unpaired) electrons. The molecule has 72 valence electrons. The zero-order valence-electron chi connectivity index (χ0n) is 8.47. The molecule has 1 aromatic carbocycles. The molecule has 0 bridgehead atoms. The summed E-state index contributed by atoms with van der Waals surface area (Å²) in [5.74, 6) is 0. The number of rotatable bonds is 3. The quantitative estimate of drug-likeness (QED) is 0.735. The van der Waals surface area contributed by atoms with Crippen LogP contribution in [0.1, 0.15) is 18.1 Å². The molecular weight excluding hydrogens is 226 g/mol. The van der Waals surface area contributed by atoms with Gasteiger partial charge in [0.1, 0.15) is 0 Å². The molecular formula is C11H16BrN. The first kappa shape index (κ1) is 10.6. The predicted molar refractivity (Wildman–Crippen MR) is 62.8 cm³/mol. The average molecular weight is 242 g/mol. The van der Waals surface area contributed by atoms with Gasteiger partial charge in [0.15, 0.2) is 0 Å². The molecule has 0 spiro atoms. The third-order valence-corrected chi connectivity index (χ3v) is 2.95. The van der Waals surface area contributed by atoms with Crippen LogP contribution in [0, 0.1) is 6.92 Å². The van der Waals surface area contributed by atoms with E-state index in [9.17, 15) is 0 Å². The number of hydrogen-bond donors (Lipinski definition) is 0. The van der Waals surface area contributed by atoms with Crippen molar-refractivity contribution in [1.29, 1.82) is 0 Å². The summed E-state index contributed by atoms with van der Waals surface area (Å²) < 4.78 is 0. The molecule has 1 rings (SSSR count). The highest BCUT2D eigenvalue weighted by Crippen LogP contribution is 2.20. The topological polar surface area (TPSA) is 3.24 Å². The molecule has 0 N–H and O–H groups in total. The van der Waals surface area contributed by atoms with Gasteiger partial charge in [-0.15, -0.1) is 0 Å². The lowest BCUT2D eigenvalue weighted by atomic mass is 10.1. The molecule has 0 saturated heterocycles. The van der Waals surface area contributed by atoms with E-state index in [4.69, 9.17) is 0 Å². The van der Waals surface area contributed by atoms with Gasteiger partial charge in [-0.1, -0.05) is 28.1 Å². The number of hydrogen-bond acceptors (Lipinski definition) is 1. The number of alkyl halides is 1. The number of anilines is 1. The highest BCUT2D eigenvalue weighted by atomic mass is 79.9. The lowest BCUT2D eigenvalue weighted by Crippen LogP contribution is -2.16. The largest absolute Gasteiger partial charge is 0.375 e. The number of aryl methyl sites for hydroxylation is 1. The van der Waals surface area contributed by atoms with Crippen LogP contribution in [0.25, 0.3) is 0 Å². The second-order valence-electron chi connectivity index (χ2n) is 3.27. The van der Waals surface area contributed by atoms with Crippen LogP contribution in [0.15, 0.2) is 18.2 Å². The Morgan fingerprint density at radius 3 is 2.54 bits per heavy atom. The first-order valence-corrected chi connectivity index (χ1v) is 5.67. The zero-order valence-corrected chi connectivity index (χ0v) is 10.1. The molecule has 2 heteroatoms. The Morgan fingerprint density at radius 1 is 1.38 bits per heavy atom. The normalized spacial score (nSPS) is 10.2. The van der Waals surface area contributed by atoms with Crippen molar-refractivity contribution in [1.82, 2.24) is 0 Å². The third-order valence-electron chi connectivity index (χ3n) is 2.30. The maximum absolute atomic E-state index is 3.46. The second kappa shape index (κ2) is 4.66. The SMILES string of the molecule is CCN(C)c1ccc(CBr)cc1C. The summed E-state index contributed by atoms with van der Waals surface area (Å²) in [7, 11) is 2.12. The minimum absolute atomic E-state index is 0.934. The van der Waals surface area contributed by atoms with Gasteiger partial charge in [0.2, 0.25) is 0 Å². The van der Waals surface area contributed by atoms with Crippen LogP contribution in [0.3, 0.4) is 0 Å². The number of halogens is 1. The van der Waals surface area contributed by atoms with Gasteiger partial charge in [0.05, 0.1) is 0 Å². The zero-order chi connectivity index (χ0) is 9.84. The Kier molecular flexibility index (Phi) is 3.79. The van der Waals surface area contributed by atoms with Crippen molar-refractivity contribution in [3.05, 3.63) is 29.3 Å². The average Bonchev–Trinajstić information content (AvgIpc) is 2.16. The lowest BCUT2D eigenvalue weighted by Gasteiger charge is -2.19. The Balaban J connectivity index is 2.98. The molecule has 1 aromatic rings. The summed E-state index contributed by atoms with van der Waals surface area (Å²) in [6.07, 6.45) is 0. The predicted octanol–water partition coefficient (Wildman–Crippen LogP) is 3.35. The van der Waals surface area contributed by atoms with Crippen molar-refractivity contribution in [3.63, 3.8) is 0 Å². The number of benzene rings is 1. The fourth-order valence-electron chi connectivity index (χ4n) is 1.40. The molecule has 0 aromatic heterocycles. The molecule has 0 amide bonds. The molecule has 0 atom stereocenters. The van der Waals surface area contributed by atoms with E-state index < -0.39 is 0 Å². The molecule has 0 heterocycles. The summed E-state index contributed by atoms with van der Waals surface area (Å²) in [6.45, 7) is 5.37. The molecule has 0 fully saturated rings. The van der Waals surface area contributed by atoms with Gasteiger partial charge in [-0.2, -0.15) is 0 Å². The first-order valence-electron chi connectivity index (χ1n) is 4.55. The third kappa shape index (κ3) is 2.47. The lowest BCUT2D eigenvalue weighted by molar-refractivity contribution is 0.960. The van der Waals surface area contributed by atoms with Crippen molar-refractivity contribution in [3.8, 4) is 0 Å². The Morgan fingerprint density at radius 2 is 2.08 bits per heavy atom. The van der Waals surface area contributed by atoms with E-state index in [1.165, 1.54) is 16.8 Å². The van der Waals surface area contributed by atoms with Crippen molar-refractivity contribution in [2.45, 2.75) is 19.2 Å². The number of nitrogens with zero attached hydrogens (tertiary/aromatic N) is 1. The van der Waals surface area contributed by atoms with E-state index in [2.05, 4.69) is 59.9 Å². The molecule has 0 aliphatic rings. The van der Waals surface area contributed by atoms with E-state index in [-0.39, 0.29) is 0 Å². The first-order chi connectivity index (χ1) is 6.19. The Bertz CT molecular complexity index is 283. The fraction of sp³-hybridized carbons (Fsp3) is 0.455. The van der Waals surface area contributed by atoms with Gasteiger partial charge in [-0.05, 0) is 31.0 Å². The van der Waals surface area contributed by atoms with Crippen LogP contribution in [-0.2, 0) is 5.33 Å². The van der Waals surface area contributed by atoms with Crippen LogP contribution >= 0.6 is 15.9 Å². The summed E-state index contributed by atoms with van der Waals surface area (Å²) in [4.78, 5) is 2.26. The molecule has 13 heavy (non-hydrogen) atoms. The summed E-state index contributed by atoms with van der Waals surface area (Å²) >= 11 is 3.46. The van der Waals surface area contributed by atoms with E-state index in [1.807, 2.05) is 0 Å². The van der Waals surface area contributed by atoms with Crippen LogP contribution in [0.4, 0.5) is 5.69 Å². The highest BCUT2D eigenvalue weighted by Gasteiger charge is 2.02. The fourth-order valence-corrected chi connectivity index (χ4v) is 1.75. The van der Waals surface area contributed by atoms with Gasteiger partial charge < -0.3 is 4.90 Å². The Labute approximate surface area is 88.9 Å². The smallest absolute Gasteiger partial charge is 0.0393 e. The van der Waals surface area contributed by atoms with E-state index in [0.29, 0.717) is 0 Å². The van der Waals surface area contributed by atoms with Crippen molar-refractivity contribution >= 4 is 21.6 Å². The summed E-state index contributed by atoms with van der Waals surface area (Å²) in [5.41, 5.74) is 4.01. The minimum atomic E-state index is 0.934. The molecule has 1 nitrogen and oxygen atoms in total. The maximum Gasteiger partial charge on any atom is 0.0393 e. The molecule has 0 saturated carbocycles. The minimum Gasteiger partial charge on any atom is -0.375 e. The molecule has 0 aliphatic carbocycles. The van der Waals surface area contributed by atoms with Gasteiger partial charge in [-0.25, -0.2) is 0 Å². The van der Waals surface area contributed by atoms with E-state index in [1.54, 1.807) is 0 Å². The van der Waals surface area contributed by atoms with Gasteiger partial charge in [-0.3, -0.25) is 0 Å². The van der Waals surface area contributed by atoms with Crippen LogP contribution < -0.4 is 4.90 Å². The monoisotopic (exact) mass is 241 g/mol. The van der Waals surface area contributed by atoms with E-state index in [0.717, 1.165) is 11.9 Å². The second-order valence-corrected chi connectivity index (χ2v) is 3.83. The Hall–Kier alpha value is -0.500. The van der Waals surface area contributed by atoms with Crippen LogP contribution in [-0.4, -0.2) is 13.6 Å². The van der Waals surface area contributed by atoms with Crippen LogP contribution in [0.5, 0.6) is 0 Å². The van der Waals surface area contributed by atoms with Crippen molar-refractivity contribution in [2.24, 2.45) is 0 Å². The summed E-state index contributed by atoms with van der Waals surface area (Å²) in [5, 5.41) is 0.934. The summed E-state index contributed by atoms with van der Waals surface area (Å²) in [6, 6.07) is 6.59. The maximum atomic E-state index is 3.46. The van der Waals surface area contributed by atoms with Gasteiger partial charge >= 0.3 is 0 Å². The highest BCUT2D eigenvalue weighted by molar-refractivity contribution is 9.08. The van der Waals surface area contributed by atoms with Crippen LogP contribution in [0.2, 0.25) is 0 Å². The van der Waals surface area contributed by atoms with Crippen molar-refractivity contribution < 1.29 is 0 Å². The van der Waals surface area contributed by atoms with Gasteiger partial charge in [0.25, 0.3) is 0 Å². The van der Waals surface area contributed by atoms with Crippen molar-refractivity contribution in [2.75, 3.05) is 18.5 Å². The molecule has 0 aliphatic heterocycles. The van der Waals surface area contributed by atoms with Gasteiger partial charge in [0, 0.05) is 24.6 Å². The van der Waals surface area contributed by atoms with E-state index >= 15 is 0 Å². The molecule has 0 unspecified atom stereocenters. The standard InChI is InChI=1S/C11H16BrN/c1-4-13(3)11-6-5-10(8-12)7-9(11)2/h5-7H,4,8H2,1-3H3.